The van der Waals surface area contributed by atoms with Crippen LogP contribution in [0.25, 0.3) is 0 Å². The van der Waals surface area contributed by atoms with E-state index in [0.717, 1.165) is 21.4 Å². The van der Waals surface area contributed by atoms with Crippen molar-refractivity contribution < 1.29 is 0 Å². The SMILES string of the molecule is C/C(=N/Nc1ccccc1)c1ccc(Br)cc1. The molecule has 0 saturated heterocycles. The van der Waals surface area contributed by atoms with Crippen molar-refractivity contribution in [2.24, 2.45) is 5.10 Å². The molecule has 0 amide bonds. The molecule has 0 unspecified atom stereocenters. The number of nitrogens with one attached hydrogen (secondary N) is 1. The zero-order valence-electron chi connectivity index (χ0n) is 9.52. The molecule has 2 nitrogen and oxygen atoms in total. The van der Waals surface area contributed by atoms with E-state index in [1.165, 1.54) is 0 Å². The minimum atomic E-state index is 0.960. The maximum absolute atomic E-state index is 4.35. The van der Waals surface area contributed by atoms with E-state index in [0.29, 0.717) is 0 Å². The second-order valence-corrected chi connectivity index (χ2v) is 4.60. The van der Waals surface area contributed by atoms with Gasteiger partial charge in [-0.05, 0) is 36.8 Å². The lowest BCUT2D eigenvalue weighted by atomic mass is 10.1. The molecule has 1 N–H and O–H groups in total. The summed E-state index contributed by atoms with van der Waals surface area (Å²) in [6, 6.07) is 18.0. The molecule has 0 aromatic heterocycles. The van der Waals surface area contributed by atoms with E-state index in [9.17, 15) is 0 Å². The number of hydrogen-bond donors (Lipinski definition) is 1. The molecular formula is C14H13BrN2. The standard InChI is InChI=1S/C14H13BrN2/c1-11(12-7-9-13(15)10-8-12)16-17-14-5-3-2-4-6-14/h2-10,17H,1H3/b16-11-. The molecule has 0 saturated carbocycles. The van der Waals surface area contributed by atoms with Crippen molar-refractivity contribution in [3.05, 3.63) is 64.6 Å². The highest BCUT2D eigenvalue weighted by atomic mass is 79.9. The van der Waals surface area contributed by atoms with Crippen molar-refractivity contribution in [1.82, 2.24) is 0 Å². The lowest BCUT2D eigenvalue weighted by Crippen LogP contribution is -1.99. The second kappa shape index (κ2) is 5.64. The van der Waals surface area contributed by atoms with Crippen LogP contribution in [-0.2, 0) is 0 Å². The number of hydrazone groups is 1. The minimum absolute atomic E-state index is 0.960. The van der Waals surface area contributed by atoms with Crippen LogP contribution in [-0.4, -0.2) is 5.71 Å². The Balaban J connectivity index is 2.10. The normalized spacial score (nSPS) is 11.3. The summed E-state index contributed by atoms with van der Waals surface area (Å²) >= 11 is 3.41. The number of halogens is 1. The van der Waals surface area contributed by atoms with Gasteiger partial charge in [0.05, 0.1) is 11.4 Å². The fourth-order valence-electron chi connectivity index (χ4n) is 1.42. The topological polar surface area (TPSA) is 24.4 Å². The summed E-state index contributed by atoms with van der Waals surface area (Å²) < 4.78 is 1.07. The van der Waals surface area contributed by atoms with Crippen molar-refractivity contribution in [3.63, 3.8) is 0 Å². The molecule has 0 heterocycles. The second-order valence-electron chi connectivity index (χ2n) is 3.68. The van der Waals surface area contributed by atoms with Crippen LogP contribution in [0.4, 0.5) is 5.69 Å². The van der Waals surface area contributed by atoms with Crippen molar-refractivity contribution in [1.29, 1.82) is 0 Å². The van der Waals surface area contributed by atoms with Crippen molar-refractivity contribution in [2.45, 2.75) is 6.92 Å². The largest absolute Gasteiger partial charge is 0.278 e. The van der Waals surface area contributed by atoms with Crippen LogP contribution in [0.5, 0.6) is 0 Å². The molecule has 0 bridgehead atoms. The fraction of sp³-hybridized carbons (Fsp3) is 0.0714. The van der Waals surface area contributed by atoms with Crippen LogP contribution in [0, 0.1) is 0 Å². The zero-order chi connectivity index (χ0) is 12.1. The Morgan fingerprint density at radius 3 is 2.29 bits per heavy atom. The maximum atomic E-state index is 4.35. The van der Waals surface area contributed by atoms with E-state index >= 15 is 0 Å². The third kappa shape index (κ3) is 3.43. The highest BCUT2D eigenvalue weighted by Gasteiger charge is 1.96. The van der Waals surface area contributed by atoms with Crippen molar-refractivity contribution in [3.8, 4) is 0 Å². The van der Waals surface area contributed by atoms with Crippen molar-refractivity contribution in [2.75, 3.05) is 5.43 Å². The van der Waals surface area contributed by atoms with Gasteiger partial charge in [0.2, 0.25) is 0 Å². The van der Waals surface area contributed by atoms with E-state index in [1.54, 1.807) is 0 Å². The molecule has 2 rings (SSSR count). The molecule has 0 aliphatic rings. The van der Waals surface area contributed by atoms with Gasteiger partial charge in [0.15, 0.2) is 0 Å². The summed E-state index contributed by atoms with van der Waals surface area (Å²) in [5.74, 6) is 0. The Kier molecular flexibility index (Phi) is 3.94. The number of para-hydroxylation sites is 1. The van der Waals surface area contributed by atoms with Gasteiger partial charge < -0.3 is 0 Å². The molecule has 3 heteroatoms. The maximum Gasteiger partial charge on any atom is 0.0648 e. The van der Waals surface area contributed by atoms with Gasteiger partial charge >= 0.3 is 0 Å². The number of rotatable bonds is 3. The first-order valence-corrected chi connectivity index (χ1v) is 6.16. The van der Waals surface area contributed by atoms with E-state index in [2.05, 4.69) is 26.5 Å². The van der Waals surface area contributed by atoms with Gasteiger partial charge in [-0.2, -0.15) is 5.10 Å². The van der Waals surface area contributed by atoms with Crippen LogP contribution in [0.2, 0.25) is 0 Å². The Morgan fingerprint density at radius 2 is 1.65 bits per heavy atom. The summed E-state index contributed by atoms with van der Waals surface area (Å²) in [6.07, 6.45) is 0. The van der Waals surface area contributed by atoms with Gasteiger partial charge in [0.1, 0.15) is 0 Å². The van der Waals surface area contributed by atoms with Gasteiger partial charge in [-0.25, -0.2) is 0 Å². The zero-order valence-corrected chi connectivity index (χ0v) is 11.1. The molecule has 0 radical (unpaired) electrons. The van der Waals surface area contributed by atoms with E-state index in [1.807, 2.05) is 61.5 Å². The molecule has 2 aromatic rings. The van der Waals surface area contributed by atoms with Crippen LogP contribution in [0.3, 0.4) is 0 Å². The molecule has 86 valence electrons. The van der Waals surface area contributed by atoms with E-state index in [-0.39, 0.29) is 0 Å². The van der Waals surface area contributed by atoms with Crippen LogP contribution < -0.4 is 5.43 Å². The molecule has 0 atom stereocenters. The van der Waals surface area contributed by atoms with Crippen LogP contribution in [0.1, 0.15) is 12.5 Å². The van der Waals surface area contributed by atoms with Crippen LogP contribution >= 0.6 is 15.9 Å². The molecule has 0 aliphatic carbocycles. The van der Waals surface area contributed by atoms with Crippen molar-refractivity contribution >= 4 is 27.3 Å². The summed E-state index contributed by atoms with van der Waals surface area (Å²) in [5, 5.41) is 4.35. The molecule has 2 aromatic carbocycles. The first-order valence-electron chi connectivity index (χ1n) is 5.37. The smallest absolute Gasteiger partial charge is 0.0648 e. The molecular weight excluding hydrogens is 276 g/mol. The molecule has 0 fully saturated rings. The lowest BCUT2D eigenvalue weighted by molar-refractivity contribution is 1.32. The van der Waals surface area contributed by atoms with E-state index in [4.69, 9.17) is 0 Å². The molecule has 0 aliphatic heterocycles. The summed E-state index contributed by atoms with van der Waals surface area (Å²) in [5.41, 5.74) is 6.09. The monoisotopic (exact) mass is 288 g/mol. The summed E-state index contributed by atoms with van der Waals surface area (Å²) in [6.45, 7) is 1.99. The van der Waals surface area contributed by atoms with Gasteiger partial charge in [-0.1, -0.05) is 46.3 Å². The molecule has 17 heavy (non-hydrogen) atoms. The highest BCUT2D eigenvalue weighted by Crippen LogP contribution is 2.12. The number of hydrogen-bond acceptors (Lipinski definition) is 2. The first-order chi connectivity index (χ1) is 8.25. The Bertz CT molecular complexity index is 504. The average Bonchev–Trinajstić information content (AvgIpc) is 2.38. The van der Waals surface area contributed by atoms with Gasteiger partial charge in [-0.3, -0.25) is 5.43 Å². The van der Waals surface area contributed by atoms with E-state index < -0.39 is 0 Å². The highest BCUT2D eigenvalue weighted by molar-refractivity contribution is 9.10. The van der Waals surface area contributed by atoms with Gasteiger partial charge in [0.25, 0.3) is 0 Å². The number of anilines is 1. The third-order valence-corrected chi connectivity index (χ3v) is 2.92. The third-order valence-electron chi connectivity index (χ3n) is 2.39. The average molecular weight is 289 g/mol. The predicted molar refractivity (Wildman–Crippen MR) is 76.4 cm³/mol. The Morgan fingerprint density at radius 1 is 1.00 bits per heavy atom. The summed E-state index contributed by atoms with van der Waals surface area (Å²) in [4.78, 5) is 0. The lowest BCUT2D eigenvalue weighted by Gasteiger charge is -2.03. The predicted octanol–water partition coefficient (Wildman–Crippen LogP) is 4.29. The molecule has 0 spiro atoms. The van der Waals surface area contributed by atoms with Gasteiger partial charge in [0, 0.05) is 4.47 Å². The van der Waals surface area contributed by atoms with Crippen LogP contribution in [0.15, 0.2) is 64.2 Å². The fourth-order valence-corrected chi connectivity index (χ4v) is 1.68. The number of nitrogens with zero attached hydrogens (tertiary/aromatic N) is 1. The quantitative estimate of drug-likeness (QED) is 0.661. The summed E-state index contributed by atoms with van der Waals surface area (Å²) in [7, 11) is 0. The van der Waals surface area contributed by atoms with Gasteiger partial charge in [-0.15, -0.1) is 0 Å². The number of benzene rings is 2. The Hall–Kier alpha value is -1.61. The minimum Gasteiger partial charge on any atom is -0.278 e. The first kappa shape index (κ1) is 11.9. The Labute approximate surface area is 110 Å².